The fraction of sp³-hybridized carbons (Fsp3) is 0.524. The van der Waals surface area contributed by atoms with Gasteiger partial charge in [-0.05, 0) is 43.2 Å². The van der Waals surface area contributed by atoms with Crippen molar-refractivity contribution in [2.24, 2.45) is 0 Å². The fourth-order valence-electron chi connectivity index (χ4n) is 4.45. The molecule has 0 radical (unpaired) electrons. The van der Waals surface area contributed by atoms with Crippen molar-refractivity contribution in [3.63, 3.8) is 0 Å². The van der Waals surface area contributed by atoms with E-state index >= 15 is 0 Å². The quantitative estimate of drug-likeness (QED) is 0.615. The number of anilines is 1. The van der Waals surface area contributed by atoms with Gasteiger partial charge in [-0.2, -0.15) is 0 Å². The maximum absolute atomic E-state index is 13.7. The van der Waals surface area contributed by atoms with Crippen LogP contribution in [0.15, 0.2) is 35.5 Å². The molecule has 1 aromatic heterocycles. The number of sulfone groups is 2. The molecule has 2 saturated heterocycles. The van der Waals surface area contributed by atoms with Crippen LogP contribution in [0.3, 0.4) is 0 Å². The summed E-state index contributed by atoms with van der Waals surface area (Å²) in [5.41, 5.74) is 1.73. The van der Waals surface area contributed by atoms with Gasteiger partial charge < -0.3 is 9.64 Å². The molecule has 3 heterocycles. The van der Waals surface area contributed by atoms with Gasteiger partial charge in [0.05, 0.1) is 23.9 Å². The molecular weight excluding hydrogens is 452 g/mol. The Morgan fingerprint density at radius 2 is 1.62 bits per heavy atom. The Balaban J connectivity index is 1.62. The molecular formula is C21H28N4O5S2. The number of hydrogen-bond donors (Lipinski definition) is 0. The second-order valence-electron chi connectivity index (χ2n) is 8.39. The number of benzene rings is 1. The average Bonchev–Trinajstić information content (AvgIpc) is 3.12. The highest BCUT2D eigenvalue weighted by molar-refractivity contribution is 7.96. The van der Waals surface area contributed by atoms with Crippen LogP contribution >= 0.6 is 0 Å². The lowest BCUT2D eigenvalue weighted by molar-refractivity contribution is 0.201. The molecule has 4 rings (SSSR count). The Bertz CT molecular complexity index is 1190. The number of methoxy groups -OCH3 is 1. The van der Waals surface area contributed by atoms with Crippen LogP contribution in [0.4, 0.5) is 5.95 Å². The van der Waals surface area contributed by atoms with E-state index in [9.17, 15) is 16.8 Å². The maximum atomic E-state index is 13.7. The van der Waals surface area contributed by atoms with Gasteiger partial charge in [-0.3, -0.25) is 4.90 Å². The molecule has 0 aliphatic carbocycles. The summed E-state index contributed by atoms with van der Waals surface area (Å²) >= 11 is 0. The Labute approximate surface area is 189 Å². The molecule has 11 heteroatoms. The van der Waals surface area contributed by atoms with E-state index in [1.54, 1.807) is 30.6 Å². The van der Waals surface area contributed by atoms with Crippen molar-refractivity contribution in [2.75, 3.05) is 49.7 Å². The minimum atomic E-state index is -3.94. The number of piperazine rings is 1. The van der Waals surface area contributed by atoms with Gasteiger partial charge in [0.25, 0.3) is 0 Å². The zero-order chi connectivity index (χ0) is 23.1. The first-order chi connectivity index (χ1) is 15.1. The van der Waals surface area contributed by atoms with E-state index in [-0.39, 0.29) is 22.2 Å². The van der Waals surface area contributed by atoms with Crippen molar-refractivity contribution in [3.05, 3.63) is 41.7 Å². The van der Waals surface area contributed by atoms with Crippen LogP contribution in [0.1, 0.15) is 11.1 Å². The molecule has 0 unspecified atom stereocenters. The van der Waals surface area contributed by atoms with Crippen LogP contribution in [0, 0.1) is 13.8 Å². The standard InChI is InChI=1S/C21H28N4O5S2/c1-15-11-18(30-3)19(12-16(15)2)32(28,29)20-14-31(26,27)13-17(20)24-7-9-25(10-8-24)21-22-5-4-6-23-21/h4-6,11-12,17,20H,7-10,13-14H2,1-3H3/t17-,20-/m0/s1. The molecule has 0 saturated carbocycles. The lowest BCUT2D eigenvalue weighted by Gasteiger charge is -2.39. The van der Waals surface area contributed by atoms with Gasteiger partial charge in [0.1, 0.15) is 10.6 Å². The van der Waals surface area contributed by atoms with Crippen molar-refractivity contribution >= 4 is 25.6 Å². The van der Waals surface area contributed by atoms with Gasteiger partial charge in [-0.25, -0.2) is 26.8 Å². The summed E-state index contributed by atoms with van der Waals surface area (Å²) in [6.07, 6.45) is 3.36. The highest BCUT2D eigenvalue weighted by Crippen LogP contribution is 2.35. The second kappa shape index (κ2) is 8.60. The molecule has 2 aliphatic heterocycles. The van der Waals surface area contributed by atoms with E-state index < -0.39 is 31.0 Å². The number of ether oxygens (including phenoxy) is 1. The van der Waals surface area contributed by atoms with Crippen LogP contribution in [0.5, 0.6) is 5.75 Å². The van der Waals surface area contributed by atoms with Crippen molar-refractivity contribution in [2.45, 2.75) is 30.0 Å². The summed E-state index contributed by atoms with van der Waals surface area (Å²) in [4.78, 5) is 12.6. The van der Waals surface area contributed by atoms with Gasteiger partial charge in [-0.15, -0.1) is 0 Å². The van der Waals surface area contributed by atoms with E-state index in [0.29, 0.717) is 32.1 Å². The fourth-order valence-corrected chi connectivity index (χ4v) is 9.50. The summed E-state index contributed by atoms with van der Waals surface area (Å²) < 4.78 is 57.9. The Kier molecular flexibility index (Phi) is 6.17. The monoisotopic (exact) mass is 480 g/mol. The number of rotatable bonds is 5. The molecule has 0 N–H and O–H groups in total. The molecule has 2 aromatic rings. The molecule has 0 amide bonds. The topological polar surface area (TPSA) is 110 Å². The zero-order valence-corrected chi connectivity index (χ0v) is 20.1. The minimum Gasteiger partial charge on any atom is -0.495 e. The largest absolute Gasteiger partial charge is 0.495 e. The summed E-state index contributed by atoms with van der Waals surface area (Å²) in [6.45, 7) is 5.98. The van der Waals surface area contributed by atoms with E-state index in [0.717, 1.165) is 11.1 Å². The third kappa shape index (κ3) is 4.33. The first-order valence-corrected chi connectivity index (χ1v) is 13.8. The van der Waals surface area contributed by atoms with Crippen LogP contribution in [0.25, 0.3) is 0 Å². The molecule has 9 nitrogen and oxygen atoms in total. The molecule has 2 atom stereocenters. The van der Waals surface area contributed by atoms with E-state index in [4.69, 9.17) is 4.74 Å². The first-order valence-electron chi connectivity index (χ1n) is 10.5. The van der Waals surface area contributed by atoms with Crippen molar-refractivity contribution < 1.29 is 21.6 Å². The van der Waals surface area contributed by atoms with Crippen LogP contribution in [-0.2, 0) is 19.7 Å². The van der Waals surface area contributed by atoms with Crippen molar-refractivity contribution in [1.29, 1.82) is 0 Å². The molecule has 1 aromatic carbocycles. The number of nitrogens with zero attached hydrogens (tertiary/aromatic N) is 4. The number of aryl methyl sites for hydroxylation is 2. The van der Waals surface area contributed by atoms with Gasteiger partial charge in [0, 0.05) is 44.6 Å². The van der Waals surface area contributed by atoms with Crippen molar-refractivity contribution in [3.8, 4) is 5.75 Å². The van der Waals surface area contributed by atoms with E-state index in [2.05, 4.69) is 9.97 Å². The van der Waals surface area contributed by atoms with Gasteiger partial charge in [0.15, 0.2) is 19.7 Å². The summed E-state index contributed by atoms with van der Waals surface area (Å²) in [6, 6.07) is 4.44. The van der Waals surface area contributed by atoms with E-state index in [1.807, 2.05) is 23.6 Å². The SMILES string of the molecule is COc1cc(C)c(C)cc1S(=O)(=O)[C@H]1CS(=O)(=O)C[C@@H]1N1CCN(c2ncccn2)CC1. The summed E-state index contributed by atoms with van der Waals surface area (Å²) in [7, 11) is -6.00. The molecule has 0 spiro atoms. The molecule has 2 fully saturated rings. The predicted octanol–water partition coefficient (Wildman–Crippen LogP) is 0.864. The lowest BCUT2D eigenvalue weighted by Crippen LogP contribution is -2.55. The molecule has 174 valence electrons. The van der Waals surface area contributed by atoms with Crippen LogP contribution < -0.4 is 9.64 Å². The third-order valence-electron chi connectivity index (χ3n) is 6.38. The normalized spacial score (nSPS) is 23.9. The second-order valence-corrected chi connectivity index (χ2v) is 12.7. The van der Waals surface area contributed by atoms with Gasteiger partial charge >= 0.3 is 0 Å². The summed E-state index contributed by atoms with van der Waals surface area (Å²) in [5.74, 6) is 0.335. The molecule has 32 heavy (non-hydrogen) atoms. The summed E-state index contributed by atoms with van der Waals surface area (Å²) in [5, 5.41) is -1.04. The first kappa shape index (κ1) is 22.9. The predicted molar refractivity (Wildman–Crippen MR) is 122 cm³/mol. The van der Waals surface area contributed by atoms with Crippen LogP contribution in [-0.4, -0.2) is 87.8 Å². The highest BCUT2D eigenvalue weighted by Gasteiger charge is 2.49. The molecule has 0 bridgehead atoms. The average molecular weight is 481 g/mol. The smallest absolute Gasteiger partial charge is 0.225 e. The van der Waals surface area contributed by atoms with Gasteiger partial charge in [0.2, 0.25) is 5.95 Å². The van der Waals surface area contributed by atoms with Gasteiger partial charge in [-0.1, -0.05) is 0 Å². The van der Waals surface area contributed by atoms with E-state index in [1.165, 1.54) is 7.11 Å². The number of hydrogen-bond acceptors (Lipinski definition) is 9. The Morgan fingerprint density at radius 1 is 1.00 bits per heavy atom. The number of aromatic nitrogens is 2. The minimum absolute atomic E-state index is 0.0616. The zero-order valence-electron chi connectivity index (χ0n) is 18.4. The van der Waals surface area contributed by atoms with Crippen LogP contribution in [0.2, 0.25) is 0 Å². The maximum Gasteiger partial charge on any atom is 0.225 e. The highest BCUT2D eigenvalue weighted by atomic mass is 32.2. The van der Waals surface area contributed by atoms with Crippen molar-refractivity contribution in [1.82, 2.24) is 14.9 Å². The Morgan fingerprint density at radius 3 is 2.25 bits per heavy atom. The Hall–Kier alpha value is -2.24. The third-order valence-corrected chi connectivity index (χ3v) is 10.5. The lowest BCUT2D eigenvalue weighted by atomic mass is 10.1. The molecule has 2 aliphatic rings.